The standard InChI is InChI=1S/C19H20FN3O4/c20-16-7-14(17-15(8-16)10-26-11-27-17)5-6-22-18(24)13-3-1-12(2-4-13)9-23-19(21)25/h1-4,7-8H,5-6,9-11H2,(H,22,24)(H3,21,23,25). The Morgan fingerprint density at radius 2 is 1.93 bits per heavy atom. The summed E-state index contributed by atoms with van der Waals surface area (Å²) in [6.45, 7) is 1.08. The molecule has 3 amide bonds. The number of hydrogen-bond donors (Lipinski definition) is 3. The highest BCUT2D eigenvalue weighted by atomic mass is 19.1. The molecule has 0 saturated carbocycles. The molecule has 4 N–H and O–H groups in total. The Bertz CT molecular complexity index is 840. The maximum Gasteiger partial charge on any atom is 0.312 e. The number of amides is 3. The predicted octanol–water partition coefficient (Wildman–Crippen LogP) is 1.83. The summed E-state index contributed by atoms with van der Waals surface area (Å²) in [6.07, 6.45) is 0.437. The second kappa shape index (κ2) is 8.50. The molecule has 0 radical (unpaired) electrons. The lowest BCUT2D eigenvalue weighted by Crippen LogP contribution is -2.28. The van der Waals surface area contributed by atoms with Crippen molar-refractivity contribution in [3.8, 4) is 5.75 Å². The average molecular weight is 373 g/mol. The van der Waals surface area contributed by atoms with Crippen LogP contribution in [0.25, 0.3) is 0 Å². The molecule has 3 rings (SSSR count). The summed E-state index contributed by atoms with van der Waals surface area (Å²) in [5.41, 5.74) is 7.70. The molecule has 0 atom stereocenters. The van der Waals surface area contributed by atoms with Gasteiger partial charge in [0.25, 0.3) is 5.91 Å². The summed E-state index contributed by atoms with van der Waals surface area (Å²) in [7, 11) is 0. The van der Waals surface area contributed by atoms with Crippen LogP contribution in [0.5, 0.6) is 5.75 Å². The SMILES string of the molecule is NC(=O)NCc1ccc(C(=O)NCCc2cc(F)cc3c2OCOC3)cc1. The van der Waals surface area contributed by atoms with E-state index >= 15 is 0 Å². The second-order valence-electron chi connectivity index (χ2n) is 6.08. The van der Waals surface area contributed by atoms with E-state index in [1.54, 1.807) is 24.3 Å². The zero-order valence-electron chi connectivity index (χ0n) is 14.6. The number of halogens is 1. The van der Waals surface area contributed by atoms with Crippen molar-refractivity contribution in [1.29, 1.82) is 0 Å². The Hall–Kier alpha value is -3.13. The first-order valence-corrected chi connectivity index (χ1v) is 8.45. The first kappa shape index (κ1) is 18.7. The molecule has 1 aliphatic heterocycles. The van der Waals surface area contributed by atoms with Crippen molar-refractivity contribution in [2.75, 3.05) is 13.3 Å². The number of primary amides is 1. The van der Waals surface area contributed by atoms with Crippen LogP contribution in [0.1, 0.15) is 27.0 Å². The van der Waals surface area contributed by atoms with Crippen molar-refractivity contribution in [1.82, 2.24) is 10.6 Å². The molecule has 0 saturated heterocycles. The fraction of sp³-hybridized carbons (Fsp3) is 0.263. The first-order valence-electron chi connectivity index (χ1n) is 8.45. The van der Waals surface area contributed by atoms with Gasteiger partial charge in [0.05, 0.1) is 6.61 Å². The summed E-state index contributed by atoms with van der Waals surface area (Å²) >= 11 is 0. The van der Waals surface area contributed by atoms with Gasteiger partial charge in [-0.25, -0.2) is 9.18 Å². The Morgan fingerprint density at radius 1 is 1.15 bits per heavy atom. The summed E-state index contributed by atoms with van der Waals surface area (Å²) in [5, 5.41) is 5.28. The van der Waals surface area contributed by atoms with Crippen molar-refractivity contribution in [2.24, 2.45) is 5.73 Å². The lowest BCUT2D eigenvalue weighted by atomic mass is 10.1. The molecule has 0 bridgehead atoms. The van der Waals surface area contributed by atoms with Crippen molar-refractivity contribution in [3.63, 3.8) is 0 Å². The predicted molar refractivity (Wildman–Crippen MR) is 95.6 cm³/mol. The van der Waals surface area contributed by atoms with Gasteiger partial charge in [-0.1, -0.05) is 12.1 Å². The molecule has 142 valence electrons. The van der Waals surface area contributed by atoms with Crippen molar-refractivity contribution < 1.29 is 23.5 Å². The third-order valence-electron chi connectivity index (χ3n) is 4.11. The Labute approximate surface area is 155 Å². The Balaban J connectivity index is 1.55. The topological polar surface area (TPSA) is 103 Å². The largest absolute Gasteiger partial charge is 0.467 e. The van der Waals surface area contributed by atoms with Gasteiger partial charge in [-0.3, -0.25) is 4.79 Å². The van der Waals surface area contributed by atoms with Crippen molar-refractivity contribution in [3.05, 3.63) is 64.5 Å². The number of nitrogens with two attached hydrogens (primary N) is 1. The van der Waals surface area contributed by atoms with Gasteiger partial charge < -0.3 is 25.8 Å². The summed E-state index contributed by atoms with van der Waals surface area (Å²) in [5.74, 6) is 0.0338. The van der Waals surface area contributed by atoms with Gasteiger partial charge in [0.15, 0.2) is 6.79 Å². The van der Waals surface area contributed by atoms with E-state index < -0.39 is 6.03 Å². The summed E-state index contributed by atoms with van der Waals surface area (Å²) < 4.78 is 24.3. The third-order valence-corrected chi connectivity index (χ3v) is 4.11. The van der Waals surface area contributed by atoms with Crippen LogP contribution in [-0.2, 0) is 24.3 Å². The van der Waals surface area contributed by atoms with Gasteiger partial charge in [0, 0.05) is 24.2 Å². The number of nitrogens with one attached hydrogen (secondary N) is 2. The zero-order valence-corrected chi connectivity index (χ0v) is 14.6. The molecular formula is C19H20FN3O4. The number of ether oxygens (including phenoxy) is 2. The lowest BCUT2D eigenvalue weighted by molar-refractivity contribution is -0.0172. The number of hydrogen-bond acceptors (Lipinski definition) is 4. The van der Waals surface area contributed by atoms with E-state index in [1.807, 2.05) is 0 Å². The zero-order chi connectivity index (χ0) is 19.2. The van der Waals surface area contributed by atoms with E-state index in [1.165, 1.54) is 12.1 Å². The van der Waals surface area contributed by atoms with E-state index in [0.29, 0.717) is 48.6 Å². The van der Waals surface area contributed by atoms with E-state index in [2.05, 4.69) is 10.6 Å². The van der Waals surface area contributed by atoms with Gasteiger partial charge in [0.1, 0.15) is 11.6 Å². The maximum absolute atomic E-state index is 13.7. The van der Waals surface area contributed by atoms with Crippen LogP contribution < -0.4 is 21.1 Å². The molecule has 2 aromatic rings. The minimum absolute atomic E-state index is 0.134. The monoisotopic (exact) mass is 373 g/mol. The molecule has 1 heterocycles. The molecule has 0 aromatic heterocycles. The highest BCUT2D eigenvalue weighted by Crippen LogP contribution is 2.29. The molecule has 27 heavy (non-hydrogen) atoms. The number of carbonyl (C=O) groups excluding carboxylic acids is 2. The second-order valence-corrected chi connectivity index (χ2v) is 6.08. The van der Waals surface area contributed by atoms with Crippen LogP contribution >= 0.6 is 0 Å². The molecule has 0 fully saturated rings. The molecular weight excluding hydrogens is 353 g/mol. The number of fused-ring (bicyclic) bond motifs is 1. The average Bonchev–Trinajstić information content (AvgIpc) is 2.66. The smallest absolute Gasteiger partial charge is 0.312 e. The minimum Gasteiger partial charge on any atom is -0.467 e. The highest BCUT2D eigenvalue weighted by molar-refractivity contribution is 5.94. The molecule has 0 unspecified atom stereocenters. The van der Waals surface area contributed by atoms with Crippen LogP contribution in [0.2, 0.25) is 0 Å². The quantitative estimate of drug-likeness (QED) is 0.719. The normalized spacial score (nSPS) is 12.6. The van der Waals surface area contributed by atoms with Gasteiger partial charge in [-0.15, -0.1) is 0 Å². The van der Waals surface area contributed by atoms with E-state index in [4.69, 9.17) is 15.2 Å². The van der Waals surface area contributed by atoms with Gasteiger partial charge >= 0.3 is 6.03 Å². The Morgan fingerprint density at radius 3 is 2.67 bits per heavy atom. The first-order chi connectivity index (χ1) is 13.0. The number of urea groups is 1. The lowest BCUT2D eigenvalue weighted by Gasteiger charge is -2.21. The number of rotatable bonds is 6. The number of carbonyl (C=O) groups is 2. The van der Waals surface area contributed by atoms with Crippen molar-refractivity contribution in [2.45, 2.75) is 19.6 Å². The van der Waals surface area contributed by atoms with E-state index in [-0.39, 0.29) is 18.5 Å². The fourth-order valence-electron chi connectivity index (χ4n) is 2.82. The molecule has 0 spiro atoms. The van der Waals surface area contributed by atoms with Crippen molar-refractivity contribution >= 4 is 11.9 Å². The highest BCUT2D eigenvalue weighted by Gasteiger charge is 2.17. The molecule has 1 aliphatic rings. The van der Waals surface area contributed by atoms with Crippen LogP contribution in [0.15, 0.2) is 36.4 Å². The fourth-order valence-corrected chi connectivity index (χ4v) is 2.82. The molecule has 0 aliphatic carbocycles. The van der Waals surface area contributed by atoms with E-state index in [9.17, 15) is 14.0 Å². The minimum atomic E-state index is -0.605. The maximum atomic E-state index is 13.7. The third kappa shape index (κ3) is 4.95. The van der Waals surface area contributed by atoms with Gasteiger partial charge in [-0.2, -0.15) is 0 Å². The van der Waals surface area contributed by atoms with Crippen LogP contribution in [0.3, 0.4) is 0 Å². The molecule has 2 aromatic carbocycles. The Kier molecular flexibility index (Phi) is 5.87. The van der Waals surface area contributed by atoms with Crippen LogP contribution in [-0.4, -0.2) is 25.3 Å². The molecule has 7 nitrogen and oxygen atoms in total. The van der Waals surface area contributed by atoms with E-state index in [0.717, 1.165) is 5.56 Å². The number of benzene rings is 2. The molecule has 8 heteroatoms. The van der Waals surface area contributed by atoms with Gasteiger partial charge in [0.2, 0.25) is 0 Å². The van der Waals surface area contributed by atoms with Crippen LogP contribution in [0, 0.1) is 5.82 Å². The van der Waals surface area contributed by atoms with Crippen LogP contribution in [0.4, 0.5) is 9.18 Å². The summed E-state index contributed by atoms with van der Waals surface area (Å²) in [4.78, 5) is 22.9. The summed E-state index contributed by atoms with van der Waals surface area (Å²) in [6, 6.07) is 9.01. The van der Waals surface area contributed by atoms with Gasteiger partial charge in [-0.05, 0) is 41.8 Å².